The molecule has 0 saturated carbocycles. The summed E-state index contributed by atoms with van der Waals surface area (Å²) in [7, 11) is 0. The molecule has 0 radical (unpaired) electrons. The predicted molar refractivity (Wildman–Crippen MR) is 87.9 cm³/mol. The summed E-state index contributed by atoms with van der Waals surface area (Å²) in [5.74, 6) is 1.52. The Labute approximate surface area is 126 Å². The second kappa shape index (κ2) is 8.42. The standard InChI is InChI=1S/C16H24N4O/c1-3-5-11-21-12-10-18-15-13-8-6-7-9-14(13)19-16(20-15)17-4-2/h6-9H,3-5,10-12H2,1-2H3,(H2,17,18,19,20). The molecular weight excluding hydrogens is 264 g/mol. The van der Waals surface area contributed by atoms with Gasteiger partial charge in [0.15, 0.2) is 0 Å². The average Bonchev–Trinajstić information content (AvgIpc) is 2.51. The van der Waals surface area contributed by atoms with Crippen molar-refractivity contribution in [1.82, 2.24) is 9.97 Å². The molecule has 114 valence electrons. The third kappa shape index (κ3) is 4.56. The summed E-state index contributed by atoms with van der Waals surface area (Å²) in [5.41, 5.74) is 0.942. The SMILES string of the molecule is CCCCOCCNc1nc(NCC)nc2ccccc12. The summed E-state index contributed by atoms with van der Waals surface area (Å²) in [6.45, 7) is 7.26. The van der Waals surface area contributed by atoms with Crippen LogP contribution in [0.4, 0.5) is 11.8 Å². The Hall–Kier alpha value is -1.88. The number of fused-ring (bicyclic) bond motifs is 1. The minimum atomic E-state index is 0.658. The molecule has 0 atom stereocenters. The number of rotatable bonds is 9. The molecule has 2 rings (SSSR count). The zero-order valence-corrected chi connectivity index (χ0v) is 12.9. The van der Waals surface area contributed by atoms with Gasteiger partial charge in [-0.3, -0.25) is 0 Å². The molecule has 5 nitrogen and oxygen atoms in total. The van der Waals surface area contributed by atoms with Gasteiger partial charge >= 0.3 is 0 Å². The number of aromatic nitrogens is 2. The number of nitrogens with one attached hydrogen (secondary N) is 2. The van der Waals surface area contributed by atoms with Gasteiger partial charge in [0, 0.05) is 25.1 Å². The molecule has 1 aromatic heterocycles. The van der Waals surface area contributed by atoms with Crippen molar-refractivity contribution in [3.63, 3.8) is 0 Å². The lowest BCUT2D eigenvalue weighted by atomic mass is 10.2. The van der Waals surface area contributed by atoms with Gasteiger partial charge in [-0.25, -0.2) is 4.98 Å². The van der Waals surface area contributed by atoms with Gasteiger partial charge in [-0.05, 0) is 25.5 Å². The van der Waals surface area contributed by atoms with Crippen molar-refractivity contribution < 1.29 is 4.74 Å². The summed E-state index contributed by atoms with van der Waals surface area (Å²) >= 11 is 0. The summed E-state index contributed by atoms with van der Waals surface area (Å²) in [6.07, 6.45) is 2.27. The van der Waals surface area contributed by atoms with Crippen LogP contribution in [0.15, 0.2) is 24.3 Å². The number of hydrogen-bond donors (Lipinski definition) is 2. The van der Waals surface area contributed by atoms with Crippen LogP contribution in [0.25, 0.3) is 10.9 Å². The summed E-state index contributed by atoms with van der Waals surface area (Å²) < 4.78 is 5.56. The lowest BCUT2D eigenvalue weighted by molar-refractivity contribution is 0.141. The minimum Gasteiger partial charge on any atom is -0.380 e. The van der Waals surface area contributed by atoms with E-state index in [-0.39, 0.29) is 0 Å². The molecule has 2 aromatic rings. The van der Waals surface area contributed by atoms with Crippen molar-refractivity contribution in [3.8, 4) is 0 Å². The first-order valence-electron chi connectivity index (χ1n) is 7.67. The van der Waals surface area contributed by atoms with Crippen molar-refractivity contribution in [1.29, 1.82) is 0 Å². The maximum absolute atomic E-state index is 5.56. The fourth-order valence-corrected chi connectivity index (χ4v) is 2.04. The van der Waals surface area contributed by atoms with Crippen molar-refractivity contribution in [2.75, 3.05) is 36.9 Å². The highest BCUT2D eigenvalue weighted by Crippen LogP contribution is 2.21. The van der Waals surface area contributed by atoms with E-state index in [1.54, 1.807) is 0 Å². The Bertz CT molecular complexity index is 559. The molecule has 0 amide bonds. The number of hydrogen-bond acceptors (Lipinski definition) is 5. The van der Waals surface area contributed by atoms with Crippen LogP contribution in [0.5, 0.6) is 0 Å². The molecule has 0 saturated heterocycles. The van der Waals surface area contributed by atoms with E-state index in [2.05, 4.69) is 27.5 Å². The van der Waals surface area contributed by atoms with Gasteiger partial charge < -0.3 is 15.4 Å². The van der Waals surface area contributed by atoms with Crippen molar-refractivity contribution in [2.24, 2.45) is 0 Å². The van der Waals surface area contributed by atoms with Crippen LogP contribution in [-0.2, 0) is 4.74 Å². The first-order chi connectivity index (χ1) is 10.3. The molecule has 0 aliphatic carbocycles. The Morgan fingerprint density at radius 2 is 1.90 bits per heavy atom. The topological polar surface area (TPSA) is 59.1 Å². The molecule has 1 heterocycles. The highest BCUT2D eigenvalue weighted by Gasteiger charge is 2.06. The number of benzene rings is 1. The first kappa shape index (κ1) is 15.5. The van der Waals surface area contributed by atoms with Gasteiger partial charge in [0.25, 0.3) is 0 Å². The maximum atomic E-state index is 5.56. The van der Waals surface area contributed by atoms with Crippen LogP contribution in [0.1, 0.15) is 26.7 Å². The molecule has 0 aliphatic rings. The second-order valence-corrected chi connectivity index (χ2v) is 4.84. The fraction of sp³-hybridized carbons (Fsp3) is 0.500. The lowest BCUT2D eigenvalue weighted by Crippen LogP contribution is -2.12. The third-order valence-corrected chi connectivity index (χ3v) is 3.12. The minimum absolute atomic E-state index is 0.658. The van der Waals surface area contributed by atoms with Gasteiger partial charge in [-0.15, -0.1) is 0 Å². The normalized spacial score (nSPS) is 10.8. The van der Waals surface area contributed by atoms with Gasteiger partial charge in [0.1, 0.15) is 5.82 Å². The summed E-state index contributed by atoms with van der Waals surface area (Å²) in [5, 5.41) is 7.55. The highest BCUT2D eigenvalue weighted by molar-refractivity contribution is 5.89. The number of unbranched alkanes of at least 4 members (excludes halogenated alkanes) is 1. The number of ether oxygens (including phenoxy) is 1. The molecule has 0 bridgehead atoms. The van der Waals surface area contributed by atoms with Crippen molar-refractivity contribution in [2.45, 2.75) is 26.7 Å². The Balaban J connectivity index is 2.03. The molecule has 2 N–H and O–H groups in total. The van der Waals surface area contributed by atoms with Crippen molar-refractivity contribution in [3.05, 3.63) is 24.3 Å². The van der Waals surface area contributed by atoms with Gasteiger partial charge in [0.05, 0.1) is 12.1 Å². The number of nitrogens with zero attached hydrogens (tertiary/aromatic N) is 2. The highest BCUT2D eigenvalue weighted by atomic mass is 16.5. The fourth-order valence-electron chi connectivity index (χ4n) is 2.04. The smallest absolute Gasteiger partial charge is 0.225 e. The van der Waals surface area contributed by atoms with E-state index < -0.39 is 0 Å². The predicted octanol–water partition coefficient (Wildman–Crippen LogP) is 3.29. The van der Waals surface area contributed by atoms with Crippen LogP contribution >= 0.6 is 0 Å². The second-order valence-electron chi connectivity index (χ2n) is 4.84. The Morgan fingerprint density at radius 1 is 1.05 bits per heavy atom. The zero-order valence-electron chi connectivity index (χ0n) is 12.9. The van der Waals surface area contributed by atoms with E-state index in [9.17, 15) is 0 Å². The van der Waals surface area contributed by atoms with Crippen LogP contribution in [0.3, 0.4) is 0 Å². The van der Waals surface area contributed by atoms with Gasteiger partial charge in [-0.1, -0.05) is 25.5 Å². The molecule has 0 spiro atoms. The molecule has 1 aromatic carbocycles. The lowest BCUT2D eigenvalue weighted by Gasteiger charge is -2.11. The van der Waals surface area contributed by atoms with Gasteiger partial charge in [0.2, 0.25) is 5.95 Å². The van der Waals surface area contributed by atoms with Crippen molar-refractivity contribution >= 4 is 22.7 Å². The van der Waals surface area contributed by atoms with E-state index in [1.807, 2.05) is 31.2 Å². The average molecular weight is 288 g/mol. The Kier molecular flexibility index (Phi) is 6.22. The molecule has 0 fully saturated rings. The van der Waals surface area contributed by atoms with E-state index in [0.717, 1.165) is 49.3 Å². The molecular formula is C16H24N4O. The first-order valence-corrected chi connectivity index (χ1v) is 7.67. The molecule has 5 heteroatoms. The molecule has 0 aliphatic heterocycles. The van der Waals surface area contributed by atoms with Crippen LogP contribution in [-0.4, -0.2) is 36.3 Å². The molecule has 0 unspecified atom stereocenters. The van der Waals surface area contributed by atoms with E-state index in [4.69, 9.17) is 4.74 Å². The van der Waals surface area contributed by atoms with E-state index >= 15 is 0 Å². The third-order valence-electron chi connectivity index (χ3n) is 3.12. The number of para-hydroxylation sites is 1. The molecule has 21 heavy (non-hydrogen) atoms. The largest absolute Gasteiger partial charge is 0.380 e. The Morgan fingerprint density at radius 3 is 2.71 bits per heavy atom. The number of anilines is 2. The maximum Gasteiger partial charge on any atom is 0.225 e. The zero-order chi connectivity index (χ0) is 14.9. The summed E-state index contributed by atoms with van der Waals surface area (Å²) in [4.78, 5) is 9.04. The van der Waals surface area contributed by atoms with Crippen LogP contribution in [0, 0.1) is 0 Å². The van der Waals surface area contributed by atoms with E-state index in [0.29, 0.717) is 12.6 Å². The summed E-state index contributed by atoms with van der Waals surface area (Å²) in [6, 6.07) is 8.02. The quantitative estimate of drug-likeness (QED) is 0.693. The van der Waals surface area contributed by atoms with Gasteiger partial charge in [-0.2, -0.15) is 4.98 Å². The van der Waals surface area contributed by atoms with Crippen LogP contribution in [0.2, 0.25) is 0 Å². The van der Waals surface area contributed by atoms with E-state index in [1.165, 1.54) is 0 Å². The monoisotopic (exact) mass is 288 g/mol. The van der Waals surface area contributed by atoms with Crippen LogP contribution < -0.4 is 10.6 Å².